The standard InChI is InChI=1S/C27H29N5O2/c33-25-27(19-22-9-3-1-4-10-22,20-23-11-5-2-6-12-23)29-26(34)32(25)21-30-15-17-31(18-16-30)24-13-7-8-14-28-24/h1-14H,15-21H2,(H,29,34). The van der Waals surface area contributed by atoms with Crippen molar-refractivity contribution in [3.8, 4) is 0 Å². The van der Waals surface area contributed by atoms with Crippen LogP contribution in [0.2, 0.25) is 0 Å². The summed E-state index contributed by atoms with van der Waals surface area (Å²) in [6.45, 7) is 3.43. The van der Waals surface area contributed by atoms with E-state index in [1.807, 2.05) is 78.9 Å². The Morgan fingerprint density at radius 2 is 1.35 bits per heavy atom. The molecule has 174 valence electrons. The molecule has 3 aromatic rings. The number of nitrogens with one attached hydrogen (secondary N) is 1. The van der Waals surface area contributed by atoms with Crippen molar-refractivity contribution >= 4 is 17.8 Å². The zero-order valence-corrected chi connectivity index (χ0v) is 19.1. The minimum absolute atomic E-state index is 0.155. The van der Waals surface area contributed by atoms with Crippen molar-refractivity contribution in [2.45, 2.75) is 18.4 Å². The Morgan fingerprint density at radius 1 is 0.765 bits per heavy atom. The number of imide groups is 1. The molecule has 34 heavy (non-hydrogen) atoms. The molecule has 3 heterocycles. The van der Waals surface area contributed by atoms with Crippen LogP contribution in [0.5, 0.6) is 0 Å². The highest BCUT2D eigenvalue weighted by Crippen LogP contribution is 2.28. The summed E-state index contributed by atoms with van der Waals surface area (Å²) >= 11 is 0. The molecule has 0 radical (unpaired) electrons. The average molecular weight is 456 g/mol. The van der Waals surface area contributed by atoms with Gasteiger partial charge in [-0.15, -0.1) is 0 Å². The molecule has 2 aliphatic rings. The van der Waals surface area contributed by atoms with E-state index in [0.29, 0.717) is 19.5 Å². The molecule has 2 aliphatic heterocycles. The van der Waals surface area contributed by atoms with Crippen molar-refractivity contribution in [2.24, 2.45) is 0 Å². The number of urea groups is 1. The summed E-state index contributed by atoms with van der Waals surface area (Å²) in [4.78, 5) is 37.1. The molecule has 2 fully saturated rings. The summed E-state index contributed by atoms with van der Waals surface area (Å²) < 4.78 is 0. The highest BCUT2D eigenvalue weighted by Gasteiger charge is 2.51. The summed E-state index contributed by atoms with van der Waals surface area (Å²) in [5.74, 6) is 0.805. The van der Waals surface area contributed by atoms with Crippen molar-refractivity contribution in [1.29, 1.82) is 0 Å². The predicted molar refractivity (Wildman–Crippen MR) is 131 cm³/mol. The molecule has 7 nitrogen and oxygen atoms in total. The molecular weight excluding hydrogens is 426 g/mol. The highest BCUT2D eigenvalue weighted by atomic mass is 16.2. The molecular formula is C27H29N5O2. The zero-order valence-electron chi connectivity index (χ0n) is 19.1. The van der Waals surface area contributed by atoms with Crippen LogP contribution in [0.15, 0.2) is 85.1 Å². The molecule has 0 saturated carbocycles. The van der Waals surface area contributed by atoms with Gasteiger partial charge in [0.2, 0.25) is 0 Å². The molecule has 0 spiro atoms. The molecule has 1 N–H and O–H groups in total. The summed E-state index contributed by atoms with van der Waals surface area (Å²) in [6.07, 6.45) is 2.71. The van der Waals surface area contributed by atoms with Gasteiger partial charge in [-0.2, -0.15) is 0 Å². The lowest BCUT2D eigenvalue weighted by atomic mass is 9.84. The van der Waals surface area contributed by atoms with E-state index in [-0.39, 0.29) is 11.9 Å². The molecule has 2 aromatic carbocycles. The lowest BCUT2D eigenvalue weighted by Gasteiger charge is -2.36. The second-order valence-corrected chi connectivity index (χ2v) is 9.00. The molecule has 2 saturated heterocycles. The first kappa shape index (κ1) is 22.1. The number of carbonyl (C=O) groups is 2. The van der Waals surface area contributed by atoms with Gasteiger partial charge >= 0.3 is 6.03 Å². The van der Waals surface area contributed by atoms with Crippen LogP contribution in [0, 0.1) is 0 Å². The second-order valence-electron chi connectivity index (χ2n) is 9.00. The summed E-state index contributed by atoms with van der Waals surface area (Å²) in [5.41, 5.74) is 1.06. The largest absolute Gasteiger partial charge is 0.354 e. The Kier molecular flexibility index (Phi) is 6.27. The van der Waals surface area contributed by atoms with E-state index in [9.17, 15) is 9.59 Å². The molecule has 1 aromatic heterocycles. The number of nitrogens with zero attached hydrogens (tertiary/aromatic N) is 4. The Balaban J connectivity index is 1.31. The number of piperazine rings is 1. The van der Waals surface area contributed by atoms with Crippen LogP contribution in [0.1, 0.15) is 11.1 Å². The maximum atomic E-state index is 13.8. The Bertz CT molecular complexity index is 1070. The normalized spacial score (nSPS) is 18.2. The van der Waals surface area contributed by atoms with Crippen molar-refractivity contribution in [3.05, 3.63) is 96.2 Å². The van der Waals surface area contributed by atoms with Crippen molar-refractivity contribution in [3.63, 3.8) is 0 Å². The zero-order chi connectivity index (χ0) is 23.4. The van der Waals surface area contributed by atoms with Gasteiger partial charge in [0, 0.05) is 45.2 Å². The quantitative estimate of drug-likeness (QED) is 0.555. The minimum atomic E-state index is -0.991. The van der Waals surface area contributed by atoms with Gasteiger partial charge in [-0.3, -0.25) is 9.69 Å². The van der Waals surface area contributed by atoms with Crippen molar-refractivity contribution in [2.75, 3.05) is 37.7 Å². The highest BCUT2D eigenvalue weighted by molar-refractivity contribution is 6.07. The Hall–Kier alpha value is -3.71. The number of hydrogen-bond acceptors (Lipinski definition) is 5. The monoisotopic (exact) mass is 455 g/mol. The average Bonchev–Trinajstić information content (AvgIpc) is 3.10. The number of aromatic nitrogens is 1. The van der Waals surface area contributed by atoms with E-state index in [1.54, 1.807) is 6.20 Å². The van der Waals surface area contributed by atoms with Crippen LogP contribution < -0.4 is 10.2 Å². The SMILES string of the molecule is O=C1NC(Cc2ccccc2)(Cc2ccccc2)C(=O)N1CN1CCN(c2ccccn2)CC1. The third-order valence-corrected chi connectivity index (χ3v) is 6.63. The predicted octanol–water partition coefficient (Wildman–Crippen LogP) is 2.94. The fraction of sp³-hybridized carbons (Fsp3) is 0.296. The number of benzene rings is 2. The smallest absolute Gasteiger partial charge is 0.326 e. The number of anilines is 1. The summed E-state index contributed by atoms with van der Waals surface area (Å²) in [7, 11) is 0. The lowest BCUT2D eigenvalue weighted by molar-refractivity contribution is -0.132. The van der Waals surface area contributed by atoms with Crippen molar-refractivity contribution < 1.29 is 9.59 Å². The maximum Gasteiger partial charge on any atom is 0.326 e. The number of hydrogen-bond donors (Lipinski definition) is 1. The van der Waals surface area contributed by atoms with Crippen molar-refractivity contribution in [1.82, 2.24) is 20.1 Å². The van der Waals surface area contributed by atoms with Gasteiger partial charge in [0.05, 0.1) is 6.67 Å². The van der Waals surface area contributed by atoms with Crippen LogP contribution in [0.25, 0.3) is 0 Å². The number of pyridine rings is 1. The number of amides is 3. The topological polar surface area (TPSA) is 68.8 Å². The molecule has 0 unspecified atom stereocenters. The van der Waals surface area contributed by atoms with E-state index in [4.69, 9.17) is 0 Å². The van der Waals surface area contributed by atoms with Crippen LogP contribution in [0.3, 0.4) is 0 Å². The third-order valence-electron chi connectivity index (χ3n) is 6.63. The minimum Gasteiger partial charge on any atom is -0.354 e. The number of carbonyl (C=O) groups excluding carboxylic acids is 2. The Morgan fingerprint density at radius 3 is 1.91 bits per heavy atom. The second kappa shape index (κ2) is 9.65. The van der Waals surface area contributed by atoms with Crippen LogP contribution in [-0.4, -0.2) is 65.1 Å². The lowest BCUT2D eigenvalue weighted by Crippen LogP contribution is -2.53. The molecule has 7 heteroatoms. The molecule has 0 bridgehead atoms. The van der Waals surface area contributed by atoms with Gasteiger partial charge in [-0.05, 0) is 23.3 Å². The maximum absolute atomic E-state index is 13.8. The molecule has 5 rings (SSSR count). The van der Waals surface area contributed by atoms with Gasteiger partial charge in [-0.1, -0.05) is 66.7 Å². The summed E-state index contributed by atoms with van der Waals surface area (Å²) in [6, 6.07) is 25.4. The van der Waals surface area contributed by atoms with Gasteiger partial charge in [0.25, 0.3) is 5.91 Å². The van der Waals surface area contributed by atoms with E-state index in [0.717, 1.165) is 43.1 Å². The van der Waals surface area contributed by atoms with E-state index in [1.165, 1.54) is 4.90 Å². The molecule has 0 atom stereocenters. The molecule has 0 aliphatic carbocycles. The third kappa shape index (κ3) is 4.65. The van der Waals surface area contributed by atoms with Gasteiger partial charge in [0.15, 0.2) is 0 Å². The van der Waals surface area contributed by atoms with Gasteiger partial charge in [0.1, 0.15) is 11.4 Å². The van der Waals surface area contributed by atoms with Crippen LogP contribution in [-0.2, 0) is 17.6 Å². The summed E-state index contributed by atoms with van der Waals surface area (Å²) in [5, 5.41) is 3.08. The fourth-order valence-electron chi connectivity index (χ4n) is 4.85. The molecule has 3 amide bonds. The first-order valence-electron chi connectivity index (χ1n) is 11.7. The van der Waals surface area contributed by atoms with E-state index >= 15 is 0 Å². The van der Waals surface area contributed by atoms with E-state index in [2.05, 4.69) is 20.1 Å². The van der Waals surface area contributed by atoms with Gasteiger partial charge in [-0.25, -0.2) is 14.7 Å². The van der Waals surface area contributed by atoms with E-state index < -0.39 is 5.54 Å². The van der Waals surface area contributed by atoms with Gasteiger partial charge < -0.3 is 10.2 Å². The first-order valence-corrected chi connectivity index (χ1v) is 11.7. The fourth-order valence-corrected chi connectivity index (χ4v) is 4.85. The number of rotatable bonds is 7. The Labute approximate surface area is 200 Å². The van der Waals surface area contributed by atoms with Crippen LogP contribution >= 0.6 is 0 Å². The first-order chi connectivity index (χ1) is 16.6. The van der Waals surface area contributed by atoms with Crippen LogP contribution in [0.4, 0.5) is 10.6 Å².